The predicted octanol–water partition coefficient (Wildman–Crippen LogP) is 2.47. The number of hydrogen-bond donors (Lipinski definition) is 1. The lowest BCUT2D eigenvalue weighted by Gasteiger charge is -2.32. The molecular weight excluding hydrogens is 274 g/mol. The van der Waals surface area contributed by atoms with Crippen molar-refractivity contribution in [3.05, 3.63) is 18.3 Å². The first-order valence-corrected chi connectivity index (χ1v) is 8.72. The van der Waals surface area contributed by atoms with Gasteiger partial charge in [0.1, 0.15) is 10.7 Å². The van der Waals surface area contributed by atoms with Crippen LogP contribution in [0.3, 0.4) is 0 Å². The highest BCUT2D eigenvalue weighted by Crippen LogP contribution is 2.28. The summed E-state index contributed by atoms with van der Waals surface area (Å²) < 4.78 is 27.3. The van der Waals surface area contributed by atoms with Crippen LogP contribution in [0.1, 0.15) is 39.5 Å². The Morgan fingerprint density at radius 2 is 2.25 bits per heavy atom. The highest BCUT2D eigenvalue weighted by atomic mass is 32.2. The number of nitrogens with zero attached hydrogens (tertiary/aromatic N) is 2. The molecule has 0 radical (unpaired) electrons. The summed E-state index contributed by atoms with van der Waals surface area (Å²) in [5.74, 6) is 0.465. The van der Waals surface area contributed by atoms with Gasteiger partial charge in [-0.15, -0.1) is 0 Å². The van der Waals surface area contributed by atoms with Crippen LogP contribution in [0.5, 0.6) is 0 Å². The summed E-state index contributed by atoms with van der Waals surface area (Å²) in [6.07, 6.45) is 5.51. The Hall–Kier alpha value is -1.14. The number of aromatic nitrogens is 1. The topological polar surface area (TPSA) is 62.3 Å². The van der Waals surface area contributed by atoms with Crippen molar-refractivity contribution in [1.29, 1.82) is 0 Å². The summed E-state index contributed by atoms with van der Waals surface area (Å²) in [4.78, 5) is 4.48. The average molecular weight is 297 g/mol. The molecule has 2 rings (SSSR count). The van der Waals surface area contributed by atoms with Crippen LogP contribution >= 0.6 is 0 Å². The highest BCUT2D eigenvalue weighted by molar-refractivity contribution is 7.89. The third-order valence-corrected chi connectivity index (χ3v) is 5.69. The lowest BCUT2D eigenvalue weighted by atomic mass is 10.1. The molecule has 0 bridgehead atoms. The fourth-order valence-corrected chi connectivity index (χ4v) is 4.35. The smallest absolute Gasteiger partial charge is 0.246 e. The van der Waals surface area contributed by atoms with Crippen LogP contribution in [0.4, 0.5) is 5.82 Å². The summed E-state index contributed by atoms with van der Waals surface area (Å²) in [6, 6.07) is 3.38. The zero-order chi connectivity index (χ0) is 14.6. The van der Waals surface area contributed by atoms with E-state index in [-0.39, 0.29) is 6.04 Å². The lowest BCUT2D eigenvalue weighted by Crippen LogP contribution is -2.42. The standard InChI is InChI=1S/C14H23N3O2S/c1-3-9-15-14-13(8-6-10-16-14)20(18,19)17-11-5-4-7-12(17)2/h6,8,10,12H,3-5,7,9,11H2,1-2H3,(H,15,16). The van der Waals surface area contributed by atoms with Gasteiger partial charge in [0.05, 0.1) is 0 Å². The summed E-state index contributed by atoms with van der Waals surface area (Å²) >= 11 is 0. The minimum Gasteiger partial charge on any atom is -0.369 e. The van der Waals surface area contributed by atoms with E-state index in [0.29, 0.717) is 17.3 Å². The Balaban J connectivity index is 2.33. The van der Waals surface area contributed by atoms with E-state index in [4.69, 9.17) is 0 Å². The molecule has 1 atom stereocenters. The van der Waals surface area contributed by atoms with Crippen molar-refractivity contribution >= 4 is 15.8 Å². The molecule has 1 saturated heterocycles. The molecule has 1 N–H and O–H groups in total. The SMILES string of the molecule is CCCNc1ncccc1S(=O)(=O)N1CCCCC1C. The van der Waals surface area contributed by atoms with E-state index in [0.717, 1.165) is 32.2 Å². The molecule has 0 aliphatic carbocycles. The first-order chi connectivity index (χ1) is 9.57. The molecule has 0 spiro atoms. The predicted molar refractivity (Wildman–Crippen MR) is 80.2 cm³/mol. The Bertz CT molecular complexity index is 545. The van der Waals surface area contributed by atoms with Crippen LogP contribution in [0.2, 0.25) is 0 Å². The maximum atomic E-state index is 12.8. The van der Waals surface area contributed by atoms with Crippen molar-refractivity contribution in [3.8, 4) is 0 Å². The van der Waals surface area contributed by atoms with Crippen LogP contribution in [-0.4, -0.2) is 36.8 Å². The third-order valence-electron chi connectivity index (χ3n) is 3.64. The van der Waals surface area contributed by atoms with Gasteiger partial charge in [0.25, 0.3) is 0 Å². The molecule has 1 fully saturated rings. The number of pyridine rings is 1. The normalized spacial score (nSPS) is 20.8. The molecule has 5 nitrogen and oxygen atoms in total. The number of piperidine rings is 1. The van der Waals surface area contributed by atoms with Crippen molar-refractivity contribution in [2.24, 2.45) is 0 Å². The van der Waals surface area contributed by atoms with Crippen LogP contribution < -0.4 is 5.32 Å². The highest BCUT2D eigenvalue weighted by Gasteiger charge is 2.32. The summed E-state index contributed by atoms with van der Waals surface area (Å²) in [7, 11) is -3.46. The first kappa shape index (κ1) is 15.3. The van der Waals surface area contributed by atoms with Gasteiger partial charge >= 0.3 is 0 Å². The Morgan fingerprint density at radius 1 is 1.45 bits per heavy atom. The van der Waals surface area contributed by atoms with Gasteiger partial charge < -0.3 is 5.32 Å². The molecule has 0 aromatic carbocycles. The minimum absolute atomic E-state index is 0.0629. The Morgan fingerprint density at radius 3 is 2.95 bits per heavy atom. The molecule has 6 heteroatoms. The van der Waals surface area contributed by atoms with E-state index < -0.39 is 10.0 Å². The molecule has 1 unspecified atom stereocenters. The molecule has 20 heavy (non-hydrogen) atoms. The van der Waals surface area contributed by atoms with Gasteiger partial charge in [0.15, 0.2) is 0 Å². The van der Waals surface area contributed by atoms with Crippen molar-refractivity contribution < 1.29 is 8.42 Å². The third kappa shape index (κ3) is 3.12. The number of rotatable bonds is 5. The van der Waals surface area contributed by atoms with Crippen molar-refractivity contribution in [2.75, 3.05) is 18.4 Å². The van der Waals surface area contributed by atoms with Gasteiger partial charge in [-0.25, -0.2) is 13.4 Å². The number of anilines is 1. The molecule has 0 amide bonds. The lowest BCUT2D eigenvalue weighted by molar-refractivity contribution is 0.268. The van der Waals surface area contributed by atoms with Gasteiger partial charge in [-0.1, -0.05) is 13.3 Å². The molecule has 112 valence electrons. The second kappa shape index (κ2) is 6.54. The van der Waals surface area contributed by atoms with Gasteiger partial charge in [-0.3, -0.25) is 0 Å². The summed E-state index contributed by atoms with van der Waals surface area (Å²) in [6.45, 7) is 5.34. The van der Waals surface area contributed by atoms with Crippen molar-refractivity contribution in [2.45, 2.75) is 50.5 Å². The quantitative estimate of drug-likeness (QED) is 0.907. The fraction of sp³-hybridized carbons (Fsp3) is 0.643. The molecule has 1 aliphatic rings. The molecule has 2 heterocycles. The van der Waals surface area contributed by atoms with E-state index in [1.54, 1.807) is 22.6 Å². The van der Waals surface area contributed by atoms with Crippen molar-refractivity contribution in [1.82, 2.24) is 9.29 Å². The monoisotopic (exact) mass is 297 g/mol. The Labute approximate surface area is 121 Å². The number of hydrogen-bond acceptors (Lipinski definition) is 4. The Kier molecular flexibility index (Phi) is 4.99. The minimum atomic E-state index is -3.46. The van der Waals surface area contributed by atoms with Gasteiger partial charge in [-0.05, 0) is 38.3 Å². The van der Waals surface area contributed by atoms with Crippen LogP contribution in [-0.2, 0) is 10.0 Å². The average Bonchev–Trinajstić information content (AvgIpc) is 2.45. The van der Waals surface area contributed by atoms with Gasteiger partial charge in [-0.2, -0.15) is 4.31 Å². The summed E-state index contributed by atoms with van der Waals surface area (Å²) in [5.41, 5.74) is 0. The zero-order valence-electron chi connectivity index (χ0n) is 12.2. The second-order valence-electron chi connectivity index (χ2n) is 5.24. The molecule has 1 aliphatic heterocycles. The molecule has 1 aromatic rings. The zero-order valence-corrected chi connectivity index (χ0v) is 13.0. The van der Waals surface area contributed by atoms with E-state index in [1.165, 1.54) is 0 Å². The largest absolute Gasteiger partial charge is 0.369 e. The second-order valence-corrected chi connectivity index (χ2v) is 7.10. The molecule has 0 saturated carbocycles. The molecular formula is C14H23N3O2S. The first-order valence-electron chi connectivity index (χ1n) is 7.28. The van der Waals surface area contributed by atoms with Gasteiger partial charge in [0, 0.05) is 25.3 Å². The number of sulfonamides is 1. The van der Waals surface area contributed by atoms with Crippen LogP contribution in [0, 0.1) is 0 Å². The number of nitrogens with one attached hydrogen (secondary N) is 1. The summed E-state index contributed by atoms with van der Waals surface area (Å²) in [5, 5.41) is 3.11. The van der Waals surface area contributed by atoms with Gasteiger partial charge in [0.2, 0.25) is 10.0 Å². The van der Waals surface area contributed by atoms with Crippen LogP contribution in [0.15, 0.2) is 23.2 Å². The van der Waals surface area contributed by atoms with E-state index in [9.17, 15) is 8.42 Å². The fourth-order valence-electron chi connectivity index (χ4n) is 2.53. The van der Waals surface area contributed by atoms with E-state index in [2.05, 4.69) is 10.3 Å². The van der Waals surface area contributed by atoms with Crippen molar-refractivity contribution in [3.63, 3.8) is 0 Å². The maximum absolute atomic E-state index is 12.8. The molecule has 1 aromatic heterocycles. The van der Waals surface area contributed by atoms with E-state index >= 15 is 0 Å². The van der Waals surface area contributed by atoms with E-state index in [1.807, 2.05) is 13.8 Å². The maximum Gasteiger partial charge on any atom is 0.246 e. The van der Waals surface area contributed by atoms with Crippen LogP contribution in [0.25, 0.3) is 0 Å².